The second kappa shape index (κ2) is 3.81. The number of benzene rings is 1. The Morgan fingerprint density at radius 2 is 2.21 bits per heavy atom. The van der Waals surface area contributed by atoms with E-state index < -0.39 is 0 Å². The fraction of sp³-hybridized carbons (Fsp3) is 0.200. The molecule has 0 saturated carbocycles. The third kappa shape index (κ3) is 1.61. The Hall–Kier alpha value is -0.710. The Morgan fingerprint density at radius 3 is 2.86 bits per heavy atom. The normalized spacial score (nSPS) is 10.8. The van der Waals surface area contributed by atoms with E-state index >= 15 is 0 Å². The number of fused-ring (bicyclic) bond motifs is 1. The zero-order valence-electron chi connectivity index (χ0n) is 7.65. The highest BCUT2D eigenvalue weighted by molar-refractivity contribution is 7.80. The number of hydrogen-bond acceptors (Lipinski definition) is 4. The first-order chi connectivity index (χ1) is 6.74. The van der Waals surface area contributed by atoms with E-state index in [1.165, 1.54) is 0 Å². The smallest absolute Gasteiger partial charge is 0.120 e. The lowest BCUT2D eigenvalue weighted by Gasteiger charge is -2.01. The first-order valence-corrected chi connectivity index (χ1v) is 5.41. The Labute approximate surface area is 91.5 Å². The van der Waals surface area contributed by atoms with Crippen molar-refractivity contribution in [3.8, 4) is 5.75 Å². The average Bonchev–Trinajstić information content (AvgIpc) is 2.61. The van der Waals surface area contributed by atoms with E-state index in [0.717, 1.165) is 25.6 Å². The Balaban J connectivity index is 2.67. The Morgan fingerprint density at radius 1 is 1.43 bits per heavy atom. The molecule has 2 rings (SSSR count). The van der Waals surface area contributed by atoms with Crippen molar-refractivity contribution < 1.29 is 9.84 Å². The fourth-order valence-corrected chi connectivity index (χ4v) is 2.66. The van der Waals surface area contributed by atoms with E-state index in [2.05, 4.69) is 12.6 Å². The highest BCUT2D eigenvalue weighted by Crippen LogP contribution is 2.34. The number of rotatable bonds is 2. The van der Waals surface area contributed by atoms with E-state index in [1.54, 1.807) is 18.4 Å². The van der Waals surface area contributed by atoms with Crippen LogP contribution in [0.3, 0.4) is 0 Å². The lowest BCUT2D eigenvalue weighted by atomic mass is 10.2. The molecule has 1 heterocycles. The van der Waals surface area contributed by atoms with Crippen LogP contribution in [0.5, 0.6) is 5.75 Å². The third-order valence-electron chi connectivity index (χ3n) is 2.01. The minimum absolute atomic E-state index is 0.0783. The molecule has 0 fully saturated rings. The van der Waals surface area contributed by atoms with Crippen LogP contribution in [-0.4, -0.2) is 12.2 Å². The zero-order valence-corrected chi connectivity index (χ0v) is 9.36. The molecule has 4 heteroatoms. The number of thiophene rings is 1. The van der Waals surface area contributed by atoms with Gasteiger partial charge >= 0.3 is 0 Å². The van der Waals surface area contributed by atoms with Gasteiger partial charge in [-0.05, 0) is 23.6 Å². The summed E-state index contributed by atoms with van der Waals surface area (Å²) in [5.74, 6) is 0.796. The molecule has 1 aromatic carbocycles. The van der Waals surface area contributed by atoms with Crippen LogP contribution < -0.4 is 4.74 Å². The predicted molar refractivity (Wildman–Crippen MR) is 61.6 cm³/mol. The van der Waals surface area contributed by atoms with Crippen molar-refractivity contribution >= 4 is 34.1 Å². The molecule has 0 spiro atoms. The predicted octanol–water partition coefficient (Wildman–Crippen LogP) is 2.69. The molecule has 0 bridgehead atoms. The van der Waals surface area contributed by atoms with Crippen molar-refractivity contribution in [2.45, 2.75) is 11.5 Å². The lowest BCUT2D eigenvalue weighted by molar-refractivity contribution is 0.285. The summed E-state index contributed by atoms with van der Waals surface area (Å²) in [6.45, 7) is 0.0783. The largest absolute Gasteiger partial charge is 0.497 e. The number of methoxy groups -OCH3 is 1. The molecule has 0 unspecified atom stereocenters. The summed E-state index contributed by atoms with van der Waals surface area (Å²) in [4.78, 5) is 1.84. The highest BCUT2D eigenvalue weighted by atomic mass is 32.1. The molecule has 1 aromatic heterocycles. The van der Waals surface area contributed by atoms with E-state index in [-0.39, 0.29) is 6.61 Å². The maximum atomic E-state index is 9.01. The van der Waals surface area contributed by atoms with Gasteiger partial charge in [-0.2, -0.15) is 0 Å². The van der Waals surface area contributed by atoms with Crippen LogP contribution in [0.2, 0.25) is 0 Å². The SMILES string of the molecule is COc1cc(S)c2sc(CO)cc2c1. The van der Waals surface area contributed by atoms with Gasteiger partial charge < -0.3 is 9.84 Å². The van der Waals surface area contributed by atoms with Crippen LogP contribution in [-0.2, 0) is 6.61 Å². The Kier molecular flexibility index (Phi) is 2.67. The minimum Gasteiger partial charge on any atom is -0.497 e. The molecule has 0 aliphatic heterocycles. The molecule has 0 amide bonds. The summed E-state index contributed by atoms with van der Waals surface area (Å²) in [5.41, 5.74) is 0. The zero-order chi connectivity index (χ0) is 10.1. The van der Waals surface area contributed by atoms with Crippen LogP contribution in [0, 0.1) is 0 Å². The summed E-state index contributed by atoms with van der Waals surface area (Å²) in [5, 5.41) is 10.1. The van der Waals surface area contributed by atoms with Crippen LogP contribution in [0.25, 0.3) is 10.1 Å². The van der Waals surface area contributed by atoms with Crippen molar-refractivity contribution in [3.63, 3.8) is 0 Å². The maximum absolute atomic E-state index is 9.01. The van der Waals surface area contributed by atoms with Gasteiger partial charge in [-0.1, -0.05) is 0 Å². The highest BCUT2D eigenvalue weighted by Gasteiger charge is 2.06. The van der Waals surface area contributed by atoms with Gasteiger partial charge in [-0.15, -0.1) is 24.0 Å². The summed E-state index contributed by atoms with van der Waals surface area (Å²) in [6, 6.07) is 5.79. The van der Waals surface area contributed by atoms with Crippen molar-refractivity contribution in [2.24, 2.45) is 0 Å². The van der Waals surface area contributed by atoms with Crippen LogP contribution in [0.1, 0.15) is 4.88 Å². The summed E-state index contributed by atoms with van der Waals surface area (Å²) in [7, 11) is 1.63. The van der Waals surface area contributed by atoms with Crippen LogP contribution in [0.15, 0.2) is 23.1 Å². The molecule has 0 aliphatic carbocycles. The quantitative estimate of drug-likeness (QED) is 0.771. The molecule has 0 saturated heterocycles. The second-order valence-corrected chi connectivity index (χ2v) is 4.55. The van der Waals surface area contributed by atoms with Gasteiger partial charge in [0.1, 0.15) is 5.75 Å². The average molecular weight is 226 g/mol. The number of aliphatic hydroxyl groups excluding tert-OH is 1. The molecule has 74 valence electrons. The van der Waals surface area contributed by atoms with Gasteiger partial charge in [0.25, 0.3) is 0 Å². The Bertz CT molecular complexity index is 462. The topological polar surface area (TPSA) is 29.5 Å². The molecule has 0 aliphatic rings. The molecule has 2 aromatic rings. The van der Waals surface area contributed by atoms with Crippen molar-refractivity contribution in [3.05, 3.63) is 23.1 Å². The van der Waals surface area contributed by atoms with Gasteiger partial charge in [0, 0.05) is 14.5 Å². The molecule has 0 atom stereocenters. The number of aliphatic hydroxyl groups is 1. The van der Waals surface area contributed by atoms with Gasteiger partial charge in [0.05, 0.1) is 13.7 Å². The van der Waals surface area contributed by atoms with E-state index in [9.17, 15) is 0 Å². The van der Waals surface area contributed by atoms with E-state index in [4.69, 9.17) is 9.84 Å². The second-order valence-electron chi connectivity index (χ2n) is 2.94. The third-order valence-corrected chi connectivity index (χ3v) is 3.69. The summed E-state index contributed by atoms with van der Waals surface area (Å²) in [6.07, 6.45) is 0. The lowest BCUT2D eigenvalue weighted by Crippen LogP contribution is -1.81. The van der Waals surface area contributed by atoms with Crippen molar-refractivity contribution in [1.29, 1.82) is 0 Å². The number of ether oxygens (including phenoxy) is 1. The van der Waals surface area contributed by atoms with Gasteiger partial charge in [-0.25, -0.2) is 0 Å². The fourth-order valence-electron chi connectivity index (χ4n) is 1.36. The first-order valence-electron chi connectivity index (χ1n) is 4.15. The van der Waals surface area contributed by atoms with Gasteiger partial charge in [-0.3, -0.25) is 0 Å². The van der Waals surface area contributed by atoms with Crippen molar-refractivity contribution in [1.82, 2.24) is 0 Å². The minimum atomic E-state index is 0.0783. The van der Waals surface area contributed by atoms with E-state index in [1.807, 2.05) is 18.2 Å². The molecule has 14 heavy (non-hydrogen) atoms. The molecule has 1 N–H and O–H groups in total. The first kappa shape index (κ1) is 9.83. The van der Waals surface area contributed by atoms with E-state index in [0.29, 0.717) is 0 Å². The standard InChI is InChI=1S/C10H10O2S2/c1-12-7-2-6-3-8(5-11)14-10(6)9(13)4-7/h2-4,11,13H,5H2,1H3. The van der Waals surface area contributed by atoms with Crippen LogP contribution >= 0.6 is 24.0 Å². The van der Waals surface area contributed by atoms with Gasteiger partial charge in [0.2, 0.25) is 0 Å². The number of thiol groups is 1. The molecular formula is C10H10O2S2. The number of hydrogen-bond donors (Lipinski definition) is 2. The molecule has 0 radical (unpaired) electrons. The maximum Gasteiger partial charge on any atom is 0.120 e. The monoisotopic (exact) mass is 226 g/mol. The van der Waals surface area contributed by atoms with Crippen LogP contribution in [0.4, 0.5) is 0 Å². The van der Waals surface area contributed by atoms with Gasteiger partial charge in [0.15, 0.2) is 0 Å². The molecule has 2 nitrogen and oxygen atoms in total. The molecular weight excluding hydrogens is 216 g/mol. The van der Waals surface area contributed by atoms with Crippen molar-refractivity contribution in [2.75, 3.05) is 7.11 Å². The summed E-state index contributed by atoms with van der Waals surface area (Å²) >= 11 is 5.94. The summed E-state index contributed by atoms with van der Waals surface area (Å²) < 4.78 is 6.23.